The summed E-state index contributed by atoms with van der Waals surface area (Å²) in [5.41, 5.74) is 0. The van der Waals surface area contributed by atoms with Crippen molar-refractivity contribution in [3.63, 3.8) is 0 Å². The van der Waals surface area contributed by atoms with Gasteiger partial charge in [-0.1, -0.05) is 0 Å². The molecule has 0 radical (unpaired) electrons. The summed E-state index contributed by atoms with van der Waals surface area (Å²) in [6, 6.07) is 0. The van der Waals surface area contributed by atoms with Gasteiger partial charge < -0.3 is 15.3 Å². The predicted octanol–water partition coefficient (Wildman–Crippen LogP) is -0.216. The molecule has 0 aromatic heterocycles. The van der Waals surface area contributed by atoms with E-state index in [0.717, 1.165) is 0 Å². The summed E-state index contributed by atoms with van der Waals surface area (Å²) in [6.45, 7) is 0.551. The minimum absolute atomic E-state index is 0. The highest BCUT2D eigenvalue weighted by Gasteiger charge is 1.58. The molecule has 0 aromatic carbocycles. The van der Waals surface area contributed by atoms with Crippen molar-refractivity contribution in [1.82, 2.24) is 0 Å². The van der Waals surface area contributed by atoms with Crippen molar-refractivity contribution < 1.29 is 15.3 Å². The maximum atomic E-state index is 7.80. The molecule has 13 heavy (non-hydrogen) atoms. The van der Waals surface area contributed by atoms with Gasteiger partial charge in [0.1, 0.15) is 0 Å². The Morgan fingerprint density at radius 2 is 0.692 bits per heavy atom. The molecule has 3 nitrogen and oxygen atoms in total. The van der Waals surface area contributed by atoms with Crippen LogP contribution >= 0.6 is 47.8 Å². The molecular formula is C6H21O3PS3. The van der Waals surface area contributed by atoms with Crippen LogP contribution in [-0.2, 0) is 0 Å². The van der Waals surface area contributed by atoms with Crippen molar-refractivity contribution in [1.29, 1.82) is 0 Å². The molecule has 0 rings (SSSR count). The normalized spacial score (nSPS) is 6.92. The number of aliphatic hydroxyl groups excluding tert-OH is 3. The average Bonchev–Trinajstić information content (AvgIpc) is 2.18. The standard InChI is InChI=1S/3C2H6OS.H3P/c3*3-1-2-4;/h3*3-4H,1-2H2;1H3. The van der Waals surface area contributed by atoms with E-state index in [9.17, 15) is 0 Å². The molecule has 0 saturated carbocycles. The molecular weight excluding hydrogens is 247 g/mol. The second-order valence-corrected chi connectivity index (χ2v) is 2.68. The Hall–Kier alpha value is 1.36. The Kier molecular flexibility index (Phi) is 69.2. The zero-order valence-corrected chi connectivity index (χ0v) is 11.7. The fourth-order valence-corrected chi connectivity index (χ4v) is 0. The van der Waals surface area contributed by atoms with Crippen LogP contribution in [0.5, 0.6) is 0 Å². The molecule has 0 aromatic rings. The lowest BCUT2D eigenvalue weighted by Crippen LogP contribution is -1.76. The van der Waals surface area contributed by atoms with Crippen LogP contribution in [0.3, 0.4) is 0 Å². The third kappa shape index (κ3) is 90.7. The van der Waals surface area contributed by atoms with Crippen LogP contribution in [-0.4, -0.2) is 52.4 Å². The monoisotopic (exact) mass is 268 g/mol. The average molecular weight is 268 g/mol. The summed E-state index contributed by atoms with van der Waals surface area (Å²) in [5, 5.41) is 23.4. The lowest BCUT2D eigenvalue weighted by Gasteiger charge is -1.69. The molecule has 0 heterocycles. The van der Waals surface area contributed by atoms with Crippen molar-refractivity contribution in [2.75, 3.05) is 37.1 Å². The van der Waals surface area contributed by atoms with E-state index in [0.29, 0.717) is 17.3 Å². The van der Waals surface area contributed by atoms with Crippen LogP contribution in [0.1, 0.15) is 0 Å². The van der Waals surface area contributed by atoms with Crippen LogP contribution in [0.2, 0.25) is 0 Å². The quantitative estimate of drug-likeness (QED) is 0.317. The maximum Gasteiger partial charge on any atom is 0.0519 e. The number of rotatable bonds is 3. The van der Waals surface area contributed by atoms with E-state index < -0.39 is 0 Å². The summed E-state index contributed by atoms with van der Waals surface area (Å²) in [7, 11) is 0. The summed E-state index contributed by atoms with van der Waals surface area (Å²) >= 11 is 11.0. The first-order chi connectivity index (χ1) is 5.74. The maximum absolute atomic E-state index is 7.80. The van der Waals surface area contributed by atoms with Crippen LogP contribution in [0, 0.1) is 0 Å². The van der Waals surface area contributed by atoms with Gasteiger partial charge in [0, 0.05) is 17.3 Å². The SMILES string of the molecule is OCCS.OCCS.OCCS.P. The molecule has 0 fully saturated rings. The molecule has 0 spiro atoms. The van der Waals surface area contributed by atoms with Crippen LogP contribution < -0.4 is 0 Å². The predicted molar refractivity (Wildman–Crippen MR) is 73.9 cm³/mol. The first-order valence-corrected chi connectivity index (χ1v) is 5.29. The number of aliphatic hydroxyl groups is 3. The van der Waals surface area contributed by atoms with Gasteiger partial charge in [0.05, 0.1) is 19.8 Å². The van der Waals surface area contributed by atoms with Gasteiger partial charge in [-0.15, -0.1) is 0 Å². The zero-order chi connectivity index (χ0) is 10.2. The van der Waals surface area contributed by atoms with Crippen molar-refractivity contribution in [3.8, 4) is 0 Å². The van der Waals surface area contributed by atoms with Crippen molar-refractivity contribution in [2.24, 2.45) is 0 Å². The zero-order valence-electron chi connectivity index (χ0n) is 7.63. The van der Waals surface area contributed by atoms with Crippen molar-refractivity contribution >= 4 is 47.8 Å². The molecule has 0 aliphatic carbocycles. The lowest BCUT2D eigenvalue weighted by molar-refractivity contribution is 0.322. The molecule has 7 heteroatoms. The number of hydrogen-bond acceptors (Lipinski definition) is 6. The van der Waals surface area contributed by atoms with Gasteiger partial charge in [-0.25, -0.2) is 0 Å². The Balaban J connectivity index is -0.0000000450. The summed E-state index contributed by atoms with van der Waals surface area (Å²) in [6.07, 6.45) is 0. The van der Waals surface area contributed by atoms with Gasteiger partial charge in [-0.2, -0.15) is 47.8 Å². The summed E-state index contributed by atoms with van der Waals surface area (Å²) < 4.78 is 0. The largest absolute Gasteiger partial charge is 0.396 e. The molecule has 0 aliphatic heterocycles. The molecule has 86 valence electrons. The summed E-state index contributed by atoms with van der Waals surface area (Å²) in [4.78, 5) is 0. The van der Waals surface area contributed by atoms with Gasteiger partial charge in [-0.3, -0.25) is 0 Å². The minimum Gasteiger partial charge on any atom is -0.396 e. The highest BCUT2D eigenvalue weighted by Crippen LogP contribution is 1.62. The van der Waals surface area contributed by atoms with Gasteiger partial charge in [0.2, 0.25) is 0 Å². The third-order valence-electron chi connectivity index (χ3n) is 0.300. The van der Waals surface area contributed by atoms with Gasteiger partial charge >= 0.3 is 0 Å². The van der Waals surface area contributed by atoms with E-state index in [2.05, 4.69) is 37.9 Å². The highest BCUT2D eigenvalue weighted by atomic mass is 32.1. The molecule has 0 saturated heterocycles. The molecule has 3 N–H and O–H groups in total. The topological polar surface area (TPSA) is 60.7 Å². The fourth-order valence-electron chi connectivity index (χ4n) is 0. The highest BCUT2D eigenvalue weighted by molar-refractivity contribution is 7.80. The Morgan fingerprint density at radius 1 is 0.615 bits per heavy atom. The Labute approximate surface area is 100 Å². The van der Waals surface area contributed by atoms with Crippen molar-refractivity contribution in [2.45, 2.75) is 0 Å². The van der Waals surface area contributed by atoms with Gasteiger partial charge in [-0.05, 0) is 0 Å². The van der Waals surface area contributed by atoms with Crippen LogP contribution in [0.25, 0.3) is 0 Å². The Bertz CT molecular complexity index is 38.6. The lowest BCUT2D eigenvalue weighted by atomic mass is 10.9. The molecule has 0 bridgehead atoms. The first-order valence-electron chi connectivity index (χ1n) is 3.40. The second-order valence-electron chi connectivity index (χ2n) is 1.34. The van der Waals surface area contributed by atoms with E-state index in [1.165, 1.54) is 0 Å². The second kappa shape index (κ2) is 37.7. The van der Waals surface area contributed by atoms with E-state index in [1.54, 1.807) is 0 Å². The van der Waals surface area contributed by atoms with Gasteiger partial charge in [0.25, 0.3) is 0 Å². The van der Waals surface area contributed by atoms with E-state index in [-0.39, 0.29) is 29.7 Å². The third-order valence-corrected chi connectivity index (χ3v) is 0.900. The smallest absolute Gasteiger partial charge is 0.0519 e. The first kappa shape index (κ1) is 23.9. The van der Waals surface area contributed by atoms with E-state index in [4.69, 9.17) is 15.3 Å². The number of hydrogen-bond donors (Lipinski definition) is 6. The Morgan fingerprint density at radius 3 is 0.692 bits per heavy atom. The minimum atomic E-state index is 0. The number of thiol groups is 3. The van der Waals surface area contributed by atoms with Gasteiger partial charge in [0.15, 0.2) is 0 Å². The fraction of sp³-hybridized carbons (Fsp3) is 1.00. The van der Waals surface area contributed by atoms with E-state index in [1.807, 2.05) is 0 Å². The van der Waals surface area contributed by atoms with E-state index >= 15 is 0 Å². The summed E-state index contributed by atoms with van der Waals surface area (Å²) in [5.74, 6) is 1.71. The molecule has 0 amide bonds. The molecule has 1 atom stereocenters. The molecule has 0 aliphatic rings. The van der Waals surface area contributed by atoms with Crippen LogP contribution in [0.15, 0.2) is 0 Å². The molecule has 1 unspecified atom stereocenters. The van der Waals surface area contributed by atoms with Crippen LogP contribution in [0.4, 0.5) is 0 Å². The van der Waals surface area contributed by atoms with Crippen molar-refractivity contribution in [3.05, 3.63) is 0 Å².